The molecule has 0 saturated heterocycles. The molecule has 0 bridgehead atoms. The Bertz CT molecular complexity index is 500. The average Bonchev–Trinajstić information content (AvgIpc) is 2.18. The quantitative estimate of drug-likeness (QED) is 0.340. The molecule has 8 heteroatoms. The first-order valence-electron chi connectivity index (χ1n) is 4.47. The molecule has 1 aromatic rings. The summed E-state index contributed by atoms with van der Waals surface area (Å²) in [5.74, 6) is -1.69. The predicted octanol–water partition coefficient (Wildman–Crippen LogP) is -0.805. The maximum Gasteiger partial charge on any atom is 0.337 e. The second-order valence-corrected chi connectivity index (χ2v) is 3.05. The van der Waals surface area contributed by atoms with Crippen molar-refractivity contribution in [1.29, 1.82) is 0 Å². The van der Waals surface area contributed by atoms with Gasteiger partial charge in [0.2, 0.25) is 0 Å². The van der Waals surface area contributed by atoms with Crippen LogP contribution >= 0.6 is 0 Å². The van der Waals surface area contributed by atoms with E-state index in [-0.39, 0.29) is 28.9 Å². The maximum absolute atomic E-state index is 11.0. The van der Waals surface area contributed by atoms with E-state index in [0.29, 0.717) is 0 Å². The molecular weight excluding hydrogens is 224 g/mol. The number of nitrogens with two attached hydrogens (primary N) is 4. The lowest BCUT2D eigenvalue weighted by atomic mass is 10.1. The Kier molecular flexibility index (Phi) is 3.50. The molecule has 0 aliphatic carbocycles. The number of guanidine groups is 2. The fourth-order valence-electron chi connectivity index (χ4n) is 1.18. The SMILES string of the molecule is NC(N)=Nc1cccc(C(=O)O)c1N=C(N)N. The summed E-state index contributed by atoms with van der Waals surface area (Å²) < 4.78 is 0. The number of hydrogen-bond acceptors (Lipinski definition) is 3. The van der Waals surface area contributed by atoms with Gasteiger partial charge in [-0.1, -0.05) is 6.07 Å². The van der Waals surface area contributed by atoms with E-state index in [2.05, 4.69) is 9.98 Å². The zero-order chi connectivity index (χ0) is 13.0. The molecule has 0 saturated carbocycles. The van der Waals surface area contributed by atoms with E-state index in [1.54, 1.807) is 0 Å². The molecule has 0 unspecified atom stereocenters. The van der Waals surface area contributed by atoms with Gasteiger partial charge in [-0.2, -0.15) is 0 Å². The summed E-state index contributed by atoms with van der Waals surface area (Å²) in [7, 11) is 0. The highest BCUT2D eigenvalue weighted by Gasteiger charge is 2.13. The largest absolute Gasteiger partial charge is 0.478 e. The molecule has 0 atom stereocenters. The molecule has 0 spiro atoms. The number of hydrogen-bond donors (Lipinski definition) is 5. The van der Waals surface area contributed by atoms with Crippen molar-refractivity contribution < 1.29 is 9.90 Å². The first-order valence-corrected chi connectivity index (χ1v) is 4.47. The minimum atomic E-state index is -1.18. The fourth-order valence-corrected chi connectivity index (χ4v) is 1.18. The van der Waals surface area contributed by atoms with Crippen LogP contribution in [0.25, 0.3) is 0 Å². The molecule has 0 aromatic heterocycles. The third kappa shape index (κ3) is 3.09. The number of carboxylic acids is 1. The van der Waals surface area contributed by atoms with Crippen LogP contribution in [0.1, 0.15) is 10.4 Å². The zero-order valence-electron chi connectivity index (χ0n) is 8.79. The van der Waals surface area contributed by atoms with Crippen molar-refractivity contribution >= 4 is 29.3 Å². The number of carboxylic acid groups (broad SMARTS) is 1. The van der Waals surface area contributed by atoms with Gasteiger partial charge < -0.3 is 28.0 Å². The molecule has 9 N–H and O–H groups in total. The van der Waals surface area contributed by atoms with Crippen LogP contribution in [-0.2, 0) is 0 Å². The van der Waals surface area contributed by atoms with Gasteiger partial charge in [0.1, 0.15) is 5.69 Å². The standard InChI is InChI=1S/C9H12N6O2/c10-8(11)14-5-3-1-2-4(7(16)17)6(5)15-9(12)13/h1-3H,(H,16,17)(H4,10,11,14)(H4,12,13,15). The molecule has 17 heavy (non-hydrogen) atoms. The van der Waals surface area contributed by atoms with Crippen LogP contribution in [0.15, 0.2) is 28.2 Å². The van der Waals surface area contributed by atoms with Gasteiger partial charge in [0.05, 0.1) is 11.3 Å². The van der Waals surface area contributed by atoms with Crippen LogP contribution in [0.2, 0.25) is 0 Å². The summed E-state index contributed by atoms with van der Waals surface area (Å²) in [6.07, 6.45) is 0. The zero-order valence-corrected chi connectivity index (χ0v) is 8.79. The van der Waals surface area contributed by atoms with E-state index < -0.39 is 5.97 Å². The van der Waals surface area contributed by atoms with Crippen molar-refractivity contribution in [2.75, 3.05) is 0 Å². The lowest BCUT2D eigenvalue weighted by Crippen LogP contribution is -2.23. The Balaban J connectivity index is 3.50. The minimum Gasteiger partial charge on any atom is -0.478 e. The Morgan fingerprint density at radius 1 is 1.06 bits per heavy atom. The summed E-state index contributed by atoms with van der Waals surface area (Å²) in [4.78, 5) is 18.4. The van der Waals surface area contributed by atoms with Crippen LogP contribution in [0.4, 0.5) is 11.4 Å². The van der Waals surface area contributed by atoms with Gasteiger partial charge >= 0.3 is 5.97 Å². The molecule has 0 aliphatic heterocycles. The predicted molar refractivity (Wildman–Crippen MR) is 64.3 cm³/mol. The van der Waals surface area contributed by atoms with Gasteiger partial charge in [-0.3, -0.25) is 0 Å². The van der Waals surface area contributed by atoms with Gasteiger partial charge in [-0.15, -0.1) is 0 Å². The number of para-hydroxylation sites is 1. The summed E-state index contributed by atoms with van der Waals surface area (Å²) in [6, 6.07) is 4.32. The van der Waals surface area contributed by atoms with Crippen LogP contribution in [0.3, 0.4) is 0 Å². The number of carbonyl (C=O) groups is 1. The lowest BCUT2D eigenvalue weighted by Gasteiger charge is -2.05. The molecule has 0 radical (unpaired) electrons. The molecule has 1 rings (SSSR count). The third-order valence-corrected chi connectivity index (χ3v) is 1.74. The van der Waals surface area contributed by atoms with E-state index >= 15 is 0 Å². The number of benzene rings is 1. The molecule has 0 amide bonds. The van der Waals surface area contributed by atoms with Crippen LogP contribution in [0.5, 0.6) is 0 Å². The monoisotopic (exact) mass is 236 g/mol. The van der Waals surface area contributed by atoms with E-state index in [1.807, 2.05) is 0 Å². The van der Waals surface area contributed by atoms with Crippen molar-refractivity contribution in [2.45, 2.75) is 0 Å². The molecule has 8 nitrogen and oxygen atoms in total. The van der Waals surface area contributed by atoms with Crippen molar-refractivity contribution in [3.63, 3.8) is 0 Å². The topological polar surface area (TPSA) is 166 Å². The average molecular weight is 236 g/mol. The van der Waals surface area contributed by atoms with Gasteiger partial charge in [0.25, 0.3) is 0 Å². The second-order valence-electron chi connectivity index (χ2n) is 3.05. The van der Waals surface area contributed by atoms with Crippen molar-refractivity contribution in [3.05, 3.63) is 23.8 Å². The number of aromatic carboxylic acids is 1. The molecule has 0 heterocycles. The van der Waals surface area contributed by atoms with Crippen LogP contribution in [-0.4, -0.2) is 23.0 Å². The highest BCUT2D eigenvalue weighted by molar-refractivity contribution is 5.99. The van der Waals surface area contributed by atoms with Crippen molar-refractivity contribution in [1.82, 2.24) is 0 Å². The van der Waals surface area contributed by atoms with E-state index in [9.17, 15) is 4.79 Å². The van der Waals surface area contributed by atoms with Gasteiger partial charge in [-0.25, -0.2) is 14.8 Å². The summed E-state index contributed by atoms with van der Waals surface area (Å²) in [6.45, 7) is 0. The van der Waals surface area contributed by atoms with Crippen molar-refractivity contribution in [2.24, 2.45) is 32.9 Å². The van der Waals surface area contributed by atoms with Crippen molar-refractivity contribution in [3.8, 4) is 0 Å². The molecular formula is C9H12N6O2. The van der Waals surface area contributed by atoms with Gasteiger partial charge in [0, 0.05) is 0 Å². The molecule has 1 aromatic carbocycles. The first-order chi connectivity index (χ1) is 7.91. The number of nitrogens with zero attached hydrogens (tertiary/aromatic N) is 2. The van der Waals surface area contributed by atoms with Crippen LogP contribution < -0.4 is 22.9 Å². The summed E-state index contributed by atoms with van der Waals surface area (Å²) in [5.41, 5.74) is 21.0. The number of aliphatic imine (C=N–C) groups is 2. The summed E-state index contributed by atoms with van der Waals surface area (Å²) in [5, 5.41) is 8.98. The highest BCUT2D eigenvalue weighted by Crippen LogP contribution is 2.31. The Labute approximate surface area is 96.6 Å². The molecule has 0 aliphatic rings. The highest BCUT2D eigenvalue weighted by atomic mass is 16.4. The first kappa shape index (κ1) is 12.3. The second kappa shape index (κ2) is 4.84. The van der Waals surface area contributed by atoms with Gasteiger partial charge in [0.15, 0.2) is 11.9 Å². The Morgan fingerprint density at radius 3 is 2.12 bits per heavy atom. The van der Waals surface area contributed by atoms with Gasteiger partial charge in [-0.05, 0) is 12.1 Å². The molecule has 0 fully saturated rings. The maximum atomic E-state index is 11.0. The normalized spacial score (nSPS) is 9.41. The molecule has 90 valence electrons. The van der Waals surface area contributed by atoms with E-state index in [4.69, 9.17) is 28.0 Å². The fraction of sp³-hybridized carbons (Fsp3) is 0. The Hall–Kier alpha value is -2.77. The minimum absolute atomic E-state index is 0.00778. The number of rotatable bonds is 3. The summed E-state index contributed by atoms with van der Waals surface area (Å²) >= 11 is 0. The lowest BCUT2D eigenvalue weighted by molar-refractivity contribution is 0.0698. The van der Waals surface area contributed by atoms with Crippen LogP contribution in [0, 0.1) is 0 Å². The smallest absolute Gasteiger partial charge is 0.337 e. The van der Waals surface area contributed by atoms with E-state index in [1.165, 1.54) is 18.2 Å². The van der Waals surface area contributed by atoms with E-state index in [0.717, 1.165) is 0 Å². The third-order valence-electron chi connectivity index (χ3n) is 1.74. The Morgan fingerprint density at radius 2 is 1.65 bits per heavy atom.